The van der Waals surface area contributed by atoms with Crippen molar-refractivity contribution in [3.8, 4) is 11.5 Å². The van der Waals surface area contributed by atoms with Crippen LogP contribution in [0.4, 0.5) is 0 Å². The highest BCUT2D eigenvalue weighted by Gasteiger charge is 2.43. The third kappa shape index (κ3) is 6.31. The van der Waals surface area contributed by atoms with Crippen molar-refractivity contribution in [3.05, 3.63) is 128 Å². The molecule has 0 amide bonds. The minimum absolute atomic E-state index is 0.0430. The average molecular weight is 619 g/mol. The molecule has 3 aliphatic rings. The van der Waals surface area contributed by atoms with Gasteiger partial charge >= 0.3 is 0 Å². The minimum atomic E-state index is -0.0430. The van der Waals surface area contributed by atoms with Crippen LogP contribution < -0.4 is 20.3 Å². The molecule has 0 spiro atoms. The van der Waals surface area contributed by atoms with Crippen molar-refractivity contribution in [2.75, 3.05) is 0 Å². The van der Waals surface area contributed by atoms with E-state index in [1.807, 2.05) is 86.9 Å². The van der Waals surface area contributed by atoms with E-state index in [4.69, 9.17) is 9.47 Å². The molecule has 0 radical (unpaired) electrons. The molecule has 46 heavy (non-hydrogen) atoms. The maximum Gasteiger partial charge on any atom is 0.223 e. The number of nitrogens with zero attached hydrogens (tertiary/aromatic N) is 2. The second-order valence-corrected chi connectivity index (χ2v) is 14.0. The van der Waals surface area contributed by atoms with Crippen molar-refractivity contribution in [3.63, 3.8) is 0 Å². The van der Waals surface area contributed by atoms with Crippen molar-refractivity contribution >= 4 is 0 Å². The van der Waals surface area contributed by atoms with Gasteiger partial charge in [-0.15, -0.1) is 0 Å². The number of aromatic nitrogens is 2. The predicted octanol–water partition coefficient (Wildman–Crippen LogP) is 8.19. The van der Waals surface area contributed by atoms with Gasteiger partial charge in [-0.3, -0.25) is 9.59 Å². The zero-order valence-corrected chi connectivity index (χ0v) is 27.1. The fourth-order valence-electron chi connectivity index (χ4n) is 8.95. The van der Waals surface area contributed by atoms with Gasteiger partial charge in [0.1, 0.15) is 13.2 Å². The number of ether oxygens (including phenoxy) is 2. The molecule has 6 unspecified atom stereocenters. The van der Waals surface area contributed by atoms with E-state index in [-0.39, 0.29) is 10.9 Å². The van der Waals surface area contributed by atoms with Crippen LogP contribution in [-0.4, -0.2) is 9.13 Å². The Morgan fingerprint density at radius 1 is 0.543 bits per heavy atom. The highest BCUT2D eigenvalue weighted by molar-refractivity contribution is 5.30. The molecule has 0 N–H and O–H groups in total. The van der Waals surface area contributed by atoms with Gasteiger partial charge in [0.05, 0.1) is 11.4 Å². The number of hydrogen-bond donors (Lipinski definition) is 0. The number of benzene rings is 2. The largest absolute Gasteiger partial charge is 0.483 e. The van der Waals surface area contributed by atoms with E-state index in [2.05, 4.69) is 9.13 Å². The molecule has 0 aliphatic heterocycles. The van der Waals surface area contributed by atoms with Gasteiger partial charge in [0.2, 0.25) is 10.9 Å². The molecule has 6 nitrogen and oxygen atoms in total. The first-order valence-corrected chi connectivity index (χ1v) is 17.2. The summed E-state index contributed by atoms with van der Waals surface area (Å²) in [7, 11) is 0. The number of hydrogen-bond acceptors (Lipinski definition) is 4. The Kier molecular flexibility index (Phi) is 8.88. The molecule has 3 aliphatic carbocycles. The third-order valence-corrected chi connectivity index (χ3v) is 11.3. The maximum atomic E-state index is 12.8. The summed E-state index contributed by atoms with van der Waals surface area (Å²) in [6, 6.07) is 24.2. The van der Waals surface area contributed by atoms with E-state index >= 15 is 0 Å². The van der Waals surface area contributed by atoms with Gasteiger partial charge in [-0.05, 0) is 100 Å². The van der Waals surface area contributed by atoms with Crippen LogP contribution in [0.5, 0.6) is 11.5 Å². The van der Waals surface area contributed by atoms with Crippen molar-refractivity contribution in [2.45, 2.75) is 90.5 Å². The standard InChI is InChI=1S/C40H46N2O4/c1-27-39(45-25-29-9-5-3-6-10-29)37(43)17-19-41(27)35-15-13-31-21-32-14-16-36(24-34(32)22-33(31)23-35)42-20-18-38(44)40(28(42)2)46-26-30-11-7-4-8-12-30/h3-12,17-20,31-36H,13-16,21-26H2,1-2H3. The zero-order valence-electron chi connectivity index (χ0n) is 27.1. The van der Waals surface area contributed by atoms with Crippen LogP contribution in [0.15, 0.2) is 94.8 Å². The molecule has 2 heterocycles. The van der Waals surface area contributed by atoms with Crippen LogP contribution in [0, 0.1) is 37.5 Å². The smallest absolute Gasteiger partial charge is 0.223 e. The summed E-state index contributed by atoms with van der Waals surface area (Å²) in [5.74, 6) is 3.97. The van der Waals surface area contributed by atoms with Crippen molar-refractivity contribution in [1.82, 2.24) is 9.13 Å². The quantitative estimate of drug-likeness (QED) is 0.200. The molecule has 2 aromatic heterocycles. The van der Waals surface area contributed by atoms with Crippen LogP contribution in [0.3, 0.4) is 0 Å². The zero-order chi connectivity index (χ0) is 31.6. The van der Waals surface area contributed by atoms with E-state index in [1.54, 1.807) is 12.1 Å². The molecule has 240 valence electrons. The normalized spacial score (nSPS) is 25.7. The molecule has 3 fully saturated rings. The van der Waals surface area contributed by atoms with Gasteiger partial charge in [0.15, 0.2) is 11.5 Å². The van der Waals surface area contributed by atoms with E-state index in [0.717, 1.165) is 60.0 Å². The van der Waals surface area contributed by atoms with E-state index in [9.17, 15) is 9.59 Å². The minimum Gasteiger partial charge on any atom is -0.483 e. The summed E-state index contributed by atoms with van der Waals surface area (Å²) in [4.78, 5) is 25.7. The Morgan fingerprint density at radius 3 is 1.39 bits per heavy atom. The third-order valence-electron chi connectivity index (χ3n) is 11.3. The fraction of sp³-hybridized carbons (Fsp3) is 0.450. The highest BCUT2D eigenvalue weighted by atomic mass is 16.5. The van der Waals surface area contributed by atoms with Crippen LogP contribution in [-0.2, 0) is 13.2 Å². The Labute approximate surface area is 272 Å². The summed E-state index contributed by atoms with van der Waals surface area (Å²) in [6.45, 7) is 4.88. The first kappa shape index (κ1) is 30.6. The lowest BCUT2D eigenvalue weighted by atomic mass is 9.58. The van der Waals surface area contributed by atoms with Crippen molar-refractivity contribution < 1.29 is 9.47 Å². The number of rotatable bonds is 8. The molecular formula is C40H46N2O4. The molecule has 2 aromatic carbocycles. The molecule has 0 bridgehead atoms. The first-order chi connectivity index (χ1) is 22.4. The van der Waals surface area contributed by atoms with Gasteiger partial charge in [-0.25, -0.2) is 0 Å². The number of fused-ring (bicyclic) bond motifs is 2. The van der Waals surface area contributed by atoms with Gasteiger partial charge in [-0.2, -0.15) is 0 Å². The summed E-state index contributed by atoms with van der Waals surface area (Å²) in [5, 5.41) is 0. The lowest BCUT2D eigenvalue weighted by Gasteiger charge is -2.49. The molecule has 0 saturated heterocycles. The fourth-order valence-corrected chi connectivity index (χ4v) is 8.95. The molecular weight excluding hydrogens is 572 g/mol. The molecule has 7 rings (SSSR count). The summed E-state index contributed by atoms with van der Waals surface area (Å²) >= 11 is 0. The van der Waals surface area contributed by atoms with E-state index in [0.29, 0.717) is 48.6 Å². The highest BCUT2D eigenvalue weighted by Crippen LogP contribution is 2.53. The van der Waals surface area contributed by atoms with Crippen LogP contribution in [0.2, 0.25) is 0 Å². The Morgan fingerprint density at radius 2 is 0.957 bits per heavy atom. The molecule has 4 aromatic rings. The molecule has 6 atom stereocenters. The van der Waals surface area contributed by atoms with E-state index < -0.39 is 0 Å². The second-order valence-electron chi connectivity index (χ2n) is 14.0. The Balaban J connectivity index is 1.03. The van der Waals surface area contributed by atoms with Crippen LogP contribution >= 0.6 is 0 Å². The van der Waals surface area contributed by atoms with Gasteiger partial charge in [-0.1, -0.05) is 60.7 Å². The molecule has 6 heteroatoms. The summed E-state index contributed by atoms with van der Waals surface area (Å²) in [6.07, 6.45) is 13.8. The van der Waals surface area contributed by atoms with E-state index in [1.165, 1.54) is 25.7 Å². The monoisotopic (exact) mass is 618 g/mol. The van der Waals surface area contributed by atoms with Gasteiger partial charge in [0.25, 0.3) is 0 Å². The second kappa shape index (κ2) is 13.4. The first-order valence-electron chi connectivity index (χ1n) is 17.2. The van der Waals surface area contributed by atoms with Crippen molar-refractivity contribution in [1.29, 1.82) is 0 Å². The van der Waals surface area contributed by atoms with Crippen molar-refractivity contribution in [2.24, 2.45) is 23.7 Å². The lowest BCUT2D eigenvalue weighted by Crippen LogP contribution is -2.40. The number of pyridine rings is 2. The topological polar surface area (TPSA) is 62.5 Å². The average Bonchev–Trinajstić information content (AvgIpc) is 3.08. The maximum absolute atomic E-state index is 12.8. The van der Waals surface area contributed by atoms with Crippen LogP contribution in [0.25, 0.3) is 0 Å². The summed E-state index contributed by atoms with van der Waals surface area (Å²) < 4.78 is 16.9. The SMILES string of the molecule is Cc1c(OCc2ccccc2)c(=O)ccn1C1CCC2CC3CCC(n4ccc(=O)c(OCc5ccccc5)c4C)CC3CC2C1. The predicted molar refractivity (Wildman–Crippen MR) is 181 cm³/mol. The Bertz CT molecular complexity index is 1630. The molecule has 3 saturated carbocycles. The lowest BCUT2D eigenvalue weighted by molar-refractivity contribution is 0.0233. The Hall–Kier alpha value is -4.06. The van der Waals surface area contributed by atoms with Gasteiger partial charge < -0.3 is 18.6 Å². The summed E-state index contributed by atoms with van der Waals surface area (Å²) in [5.41, 5.74) is 3.92. The van der Waals surface area contributed by atoms with Gasteiger partial charge in [0, 0.05) is 36.6 Å². The van der Waals surface area contributed by atoms with Crippen LogP contribution in [0.1, 0.15) is 86.0 Å².